The lowest BCUT2D eigenvalue weighted by molar-refractivity contribution is -0.116. The number of aromatic nitrogens is 4. The van der Waals surface area contributed by atoms with Crippen molar-refractivity contribution in [1.82, 2.24) is 19.6 Å². The van der Waals surface area contributed by atoms with E-state index < -0.39 is 5.97 Å². The van der Waals surface area contributed by atoms with E-state index in [4.69, 9.17) is 5.11 Å². The van der Waals surface area contributed by atoms with Crippen LogP contribution >= 0.6 is 0 Å². The van der Waals surface area contributed by atoms with E-state index in [2.05, 4.69) is 15.5 Å². The standard InChI is InChI=1S/C18H19N5O3/c1-13-4-2-3-5-14(13)12-22-10-7-16(21-22)20-17(24)8-11-23-15(18(25)26)6-9-19-23/h2-7,9-10H,8,11-12H2,1H3,(H,25,26)(H,20,21,24). The van der Waals surface area contributed by atoms with Crippen LogP contribution in [-0.4, -0.2) is 36.5 Å². The molecule has 0 saturated heterocycles. The number of amides is 1. The molecule has 2 aromatic heterocycles. The zero-order chi connectivity index (χ0) is 18.5. The molecule has 1 aromatic carbocycles. The number of anilines is 1. The second kappa shape index (κ2) is 7.64. The zero-order valence-corrected chi connectivity index (χ0v) is 14.3. The van der Waals surface area contributed by atoms with Gasteiger partial charge in [-0.05, 0) is 24.1 Å². The number of aryl methyl sites for hydroxylation is 2. The molecule has 3 rings (SSSR count). The summed E-state index contributed by atoms with van der Waals surface area (Å²) in [6, 6.07) is 11.2. The molecule has 0 radical (unpaired) electrons. The SMILES string of the molecule is Cc1ccccc1Cn1ccc(NC(=O)CCn2nccc2C(=O)O)n1. The van der Waals surface area contributed by atoms with E-state index in [0.717, 1.165) is 5.56 Å². The monoisotopic (exact) mass is 353 g/mol. The van der Waals surface area contributed by atoms with Gasteiger partial charge >= 0.3 is 5.97 Å². The summed E-state index contributed by atoms with van der Waals surface area (Å²) < 4.78 is 3.05. The predicted octanol–water partition coefficient (Wildman–Crippen LogP) is 2.16. The van der Waals surface area contributed by atoms with Crippen LogP contribution in [0.2, 0.25) is 0 Å². The van der Waals surface area contributed by atoms with Crippen molar-refractivity contribution in [1.29, 1.82) is 0 Å². The zero-order valence-electron chi connectivity index (χ0n) is 14.3. The molecule has 0 aliphatic heterocycles. The Balaban J connectivity index is 1.55. The molecule has 26 heavy (non-hydrogen) atoms. The Bertz CT molecular complexity index is 928. The van der Waals surface area contributed by atoms with Crippen molar-refractivity contribution in [2.45, 2.75) is 26.4 Å². The van der Waals surface area contributed by atoms with Crippen molar-refractivity contribution in [2.75, 3.05) is 5.32 Å². The first kappa shape index (κ1) is 17.4. The van der Waals surface area contributed by atoms with Gasteiger partial charge in [0, 0.05) is 24.9 Å². The van der Waals surface area contributed by atoms with Gasteiger partial charge in [0.25, 0.3) is 0 Å². The van der Waals surface area contributed by atoms with Gasteiger partial charge in [0.15, 0.2) is 5.82 Å². The molecule has 134 valence electrons. The lowest BCUT2D eigenvalue weighted by Crippen LogP contribution is -2.17. The molecule has 0 spiro atoms. The largest absolute Gasteiger partial charge is 0.477 e. The quantitative estimate of drug-likeness (QED) is 0.678. The van der Waals surface area contributed by atoms with Crippen molar-refractivity contribution in [2.24, 2.45) is 0 Å². The third kappa shape index (κ3) is 4.15. The average Bonchev–Trinajstić information content (AvgIpc) is 3.24. The van der Waals surface area contributed by atoms with Gasteiger partial charge in [0.1, 0.15) is 5.69 Å². The van der Waals surface area contributed by atoms with Crippen molar-refractivity contribution in [3.05, 3.63) is 65.6 Å². The summed E-state index contributed by atoms with van der Waals surface area (Å²) >= 11 is 0. The fourth-order valence-electron chi connectivity index (χ4n) is 2.58. The van der Waals surface area contributed by atoms with Crippen molar-refractivity contribution >= 4 is 17.7 Å². The molecular formula is C18H19N5O3. The summed E-state index contributed by atoms with van der Waals surface area (Å²) in [6.45, 7) is 2.85. The van der Waals surface area contributed by atoms with Gasteiger partial charge in [0.05, 0.1) is 13.1 Å². The summed E-state index contributed by atoms with van der Waals surface area (Å²) in [5, 5.41) is 20.0. The molecule has 0 bridgehead atoms. The number of carbonyl (C=O) groups excluding carboxylic acids is 1. The number of benzene rings is 1. The molecular weight excluding hydrogens is 334 g/mol. The highest BCUT2D eigenvalue weighted by atomic mass is 16.4. The van der Waals surface area contributed by atoms with Crippen LogP contribution in [0.25, 0.3) is 0 Å². The van der Waals surface area contributed by atoms with Gasteiger partial charge in [-0.2, -0.15) is 10.2 Å². The van der Waals surface area contributed by atoms with E-state index in [0.29, 0.717) is 12.4 Å². The summed E-state index contributed by atoms with van der Waals surface area (Å²) in [7, 11) is 0. The number of carboxylic acids is 1. The maximum absolute atomic E-state index is 12.1. The summed E-state index contributed by atoms with van der Waals surface area (Å²) in [4.78, 5) is 23.1. The number of hydrogen-bond acceptors (Lipinski definition) is 4. The Morgan fingerprint density at radius 3 is 2.77 bits per heavy atom. The van der Waals surface area contributed by atoms with Crippen LogP contribution in [0, 0.1) is 6.92 Å². The molecule has 0 aliphatic carbocycles. The first-order chi connectivity index (χ1) is 12.5. The third-order valence-corrected chi connectivity index (χ3v) is 3.99. The Hall–Kier alpha value is -3.42. The minimum atomic E-state index is -1.07. The first-order valence-electron chi connectivity index (χ1n) is 8.16. The molecule has 2 N–H and O–H groups in total. The highest BCUT2D eigenvalue weighted by molar-refractivity contribution is 5.89. The molecule has 0 saturated carbocycles. The van der Waals surface area contributed by atoms with E-state index in [1.165, 1.54) is 22.5 Å². The Kier molecular flexibility index (Phi) is 5.12. The fraction of sp³-hybridized carbons (Fsp3) is 0.222. The third-order valence-electron chi connectivity index (χ3n) is 3.99. The molecule has 0 unspecified atom stereocenters. The number of nitrogens with one attached hydrogen (secondary N) is 1. The number of hydrogen-bond donors (Lipinski definition) is 2. The molecule has 0 fully saturated rings. The first-order valence-corrected chi connectivity index (χ1v) is 8.16. The van der Waals surface area contributed by atoms with Gasteiger partial charge in [-0.15, -0.1) is 0 Å². The predicted molar refractivity (Wildman–Crippen MR) is 94.9 cm³/mol. The smallest absolute Gasteiger partial charge is 0.354 e. The van der Waals surface area contributed by atoms with E-state index in [1.807, 2.05) is 31.2 Å². The molecule has 0 atom stereocenters. The van der Waals surface area contributed by atoms with Gasteiger partial charge in [-0.3, -0.25) is 14.2 Å². The molecule has 8 nitrogen and oxygen atoms in total. The maximum atomic E-state index is 12.1. The summed E-state index contributed by atoms with van der Waals surface area (Å²) in [5.41, 5.74) is 2.40. The second-order valence-electron chi connectivity index (χ2n) is 5.87. The van der Waals surface area contributed by atoms with Crippen LogP contribution in [0.3, 0.4) is 0 Å². The van der Waals surface area contributed by atoms with E-state index in [1.54, 1.807) is 16.9 Å². The van der Waals surface area contributed by atoms with Crippen molar-refractivity contribution in [3.63, 3.8) is 0 Å². The highest BCUT2D eigenvalue weighted by Crippen LogP contribution is 2.11. The normalized spacial score (nSPS) is 10.7. The van der Waals surface area contributed by atoms with Crippen LogP contribution in [-0.2, 0) is 17.9 Å². The number of aromatic carboxylic acids is 1. The van der Waals surface area contributed by atoms with E-state index in [-0.39, 0.29) is 24.6 Å². The lowest BCUT2D eigenvalue weighted by atomic mass is 10.1. The Morgan fingerprint density at radius 2 is 2.00 bits per heavy atom. The van der Waals surface area contributed by atoms with Gasteiger partial charge in [-0.25, -0.2) is 4.79 Å². The van der Waals surface area contributed by atoms with Gasteiger partial charge in [0.2, 0.25) is 5.91 Å². The number of carboxylic acid groups (broad SMARTS) is 1. The molecule has 1 amide bonds. The van der Waals surface area contributed by atoms with Crippen molar-refractivity contribution in [3.8, 4) is 0 Å². The van der Waals surface area contributed by atoms with Gasteiger partial charge in [-0.1, -0.05) is 24.3 Å². The van der Waals surface area contributed by atoms with Crippen LogP contribution in [0.15, 0.2) is 48.8 Å². The van der Waals surface area contributed by atoms with Crippen LogP contribution in [0.5, 0.6) is 0 Å². The number of rotatable bonds is 7. The lowest BCUT2D eigenvalue weighted by Gasteiger charge is -2.06. The van der Waals surface area contributed by atoms with Crippen LogP contribution in [0.1, 0.15) is 28.0 Å². The topological polar surface area (TPSA) is 102 Å². The maximum Gasteiger partial charge on any atom is 0.354 e. The molecule has 3 aromatic rings. The average molecular weight is 353 g/mol. The molecule has 0 aliphatic rings. The summed E-state index contributed by atoms with van der Waals surface area (Å²) in [5.74, 6) is -0.863. The summed E-state index contributed by atoms with van der Waals surface area (Å²) in [6.07, 6.45) is 3.30. The van der Waals surface area contributed by atoms with E-state index >= 15 is 0 Å². The number of nitrogens with zero attached hydrogens (tertiary/aromatic N) is 4. The minimum Gasteiger partial charge on any atom is -0.477 e. The second-order valence-corrected chi connectivity index (χ2v) is 5.87. The van der Waals surface area contributed by atoms with Crippen LogP contribution in [0.4, 0.5) is 5.82 Å². The number of carbonyl (C=O) groups is 2. The minimum absolute atomic E-state index is 0.0558. The Labute approximate surface area is 150 Å². The Morgan fingerprint density at radius 1 is 1.19 bits per heavy atom. The fourth-order valence-corrected chi connectivity index (χ4v) is 2.58. The molecule has 2 heterocycles. The highest BCUT2D eigenvalue weighted by Gasteiger charge is 2.12. The molecule has 8 heteroatoms. The van der Waals surface area contributed by atoms with Crippen molar-refractivity contribution < 1.29 is 14.7 Å². The van der Waals surface area contributed by atoms with Gasteiger partial charge < -0.3 is 10.4 Å². The van der Waals surface area contributed by atoms with E-state index in [9.17, 15) is 9.59 Å². The van der Waals surface area contributed by atoms with Crippen LogP contribution < -0.4 is 5.32 Å².